The third-order valence-electron chi connectivity index (χ3n) is 7.31. The number of anilines is 4. The van der Waals surface area contributed by atoms with Gasteiger partial charge >= 0.3 is 0 Å². The molecule has 9 nitrogen and oxygen atoms in total. The van der Waals surface area contributed by atoms with Crippen LogP contribution in [0.4, 0.5) is 23.0 Å². The van der Waals surface area contributed by atoms with Crippen molar-refractivity contribution in [3.05, 3.63) is 60.8 Å². The Labute approximate surface area is 223 Å². The Balaban J connectivity index is 1.21. The second-order valence-corrected chi connectivity index (χ2v) is 10.2. The van der Waals surface area contributed by atoms with Crippen LogP contribution in [-0.2, 0) is 9.59 Å². The summed E-state index contributed by atoms with van der Waals surface area (Å²) in [6.07, 6.45) is 3.51. The van der Waals surface area contributed by atoms with Gasteiger partial charge in [-0.1, -0.05) is 26.0 Å². The van der Waals surface area contributed by atoms with Gasteiger partial charge in [0, 0.05) is 67.5 Å². The average Bonchev–Trinajstić information content (AvgIpc) is 3.44. The molecule has 38 heavy (non-hydrogen) atoms. The molecule has 5 rings (SSSR count). The molecule has 3 heterocycles. The summed E-state index contributed by atoms with van der Waals surface area (Å²) in [6.45, 7) is 7.90. The van der Waals surface area contributed by atoms with Crippen LogP contribution < -0.4 is 20.9 Å². The molecule has 2 aliphatic rings. The Bertz CT molecular complexity index is 1270. The highest BCUT2D eigenvalue weighted by Gasteiger charge is 2.29. The number of primary amides is 1. The average molecular weight is 514 g/mol. The molecular weight excluding hydrogens is 478 g/mol. The lowest BCUT2D eigenvalue weighted by molar-refractivity contribution is -0.134. The van der Waals surface area contributed by atoms with E-state index in [1.54, 1.807) is 6.20 Å². The Morgan fingerprint density at radius 3 is 2.26 bits per heavy atom. The lowest BCUT2D eigenvalue weighted by atomic mass is 10.1. The number of hydrogen-bond acceptors (Lipinski definition) is 7. The van der Waals surface area contributed by atoms with Gasteiger partial charge in [-0.15, -0.1) is 0 Å². The second kappa shape index (κ2) is 11.1. The Morgan fingerprint density at radius 2 is 1.61 bits per heavy atom. The molecule has 0 aliphatic carbocycles. The van der Waals surface area contributed by atoms with Crippen molar-refractivity contribution in [2.45, 2.75) is 32.7 Å². The summed E-state index contributed by atoms with van der Waals surface area (Å²) in [5.74, 6) is 0.518. The van der Waals surface area contributed by atoms with Gasteiger partial charge in [0.05, 0.1) is 5.69 Å². The molecule has 9 heteroatoms. The maximum Gasteiger partial charge on any atom is 0.240 e. The Morgan fingerprint density at radius 1 is 0.921 bits per heavy atom. The van der Waals surface area contributed by atoms with Crippen LogP contribution in [0.1, 0.15) is 26.7 Å². The molecule has 2 fully saturated rings. The van der Waals surface area contributed by atoms with E-state index in [0.717, 1.165) is 73.9 Å². The summed E-state index contributed by atoms with van der Waals surface area (Å²) in [5.41, 5.74) is 10.4. The number of benzene rings is 2. The fourth-order valence-corrected chi connectivity index (χ4v) is 5.21. The van der Waals surface area contributed by atoms with E-state index in [9.17, 15) is 9.59 Å². The van der Waals surface area contributed by atoms with Gasteiger partial charge in [0.1, 0.15) is 6.04 Å². The zero-order chi connectivity index (χ0) is 26.6. The molecule has 0 bridgehead atoms. The molecule has 2 aromatic carbocycles. The minimum Gasteiger partial charge on any atom is -0.368 e. The van der Waals surface area contributed by atoms with Gasteiger partial charge in [0.15, 0.2) is 0 Å². The Kier molecular flexibility index (Phi) is 7.44. The van der Waals surface area contributed by atoms with E-state index in [2.05, 4.69) is 32.2 Å². The van der Waals surface area contributed by atoms with E-state index >= 15 is 0 Å². The van der Waals surface area contributed by atoms with Gasteiger partial charge in [-0.2, -0.15) is 0 Å². The Hall–Kier alpha value is -4.14. The number of hydrogen-bond donors (Lipinski definition) is 2. The van der Waals surface area contributed by atoms with Crippen LogP contribution in [0.5, 0.6) is 0 Å². The minimum absolute atomic E-state index is 0.0398. The molecule has 1 atom stereocenters. The molecule has 3 aromatic rings. The lowest BCUT2D eigenvalue weighted by Gasteiger charge is -2.37. The van der Waals surface area contributed by atoms with Crippen LogP contribution >= 0.6 is 0 Å². The van der Waals surface area contributed by atoms with Gasteiger partial charge in [-0.25, -0.2) is 9.97 Å². The summed E-state index contributed by atoms with van der Waals surface area (Å²) in [4.78, 5) is 39.4. The number of carbonyl (C=O) groups is 2. The predicted octanol–water partition coefficient (Wildman–Crippen LogP) is 3.65. The fraction of sp³-hybridized carbons (Fsp3) is 0.379. The van der Waals surface area contributed by atoms with Crippen molar-refractivity contribution in [1.29, 1.82) is 0 Å². The smallest absolute Gasteiger partial charge is 0.240 e. The first kappa shape index (κ1) is 25.5. The highest BCUT2D eigenvalue weighted by molar-refractivity contribution is 5.84. The summed E-state index contributed by atoms with van der Waals surface area (Å²) in [7, 11) is 0. The van der Waals surface area contributed by atoms with Crippen molar-refractivity contribution in [1.82, 2.24) is 14.9 Å². The molecule has 0 saturated carbocycles. The molecule has 0 unspecified atom stereocenters. The van der Waals surface area contributed by atoms with Crippen molar-refractivity contribution in [2.24, 2.45) is 11.7 Å². The first-order chi connectivity index (χ1) is 18.4. The topological polar surface area (TPSA) is 108 Å². The summed E-state index contributed by atoms with van der Waals surface area (Å²) >= 11 is 0. The predicted molar refractivity (Wildman–Crippen MR) is 150 cm³/mol. The van der Waals surface area contributed by atoms with E-state index in [1.807, 2.05) is 61.2 Å². The molecule has 1 aromatic heterocycles. The van der Waals surface area contributed by atoms with Gasteiger partial charge in [-0.05, 0) is 55.3 Å². The minimum atomic E-state index is -0.271. The van der Waals surface area contributed by atoms with E-state index in [4.69, 9.17) is 10.7 Å². The number of carbonyl (C=O) groups excluding carboxylic acids is 2. The number of nitrogens with zero attached hydrogens (tertiary/aromatic N) is 5. The normalized spacial score (nSPS) is 17.7. The van der Waals surface area contributed by atoms with E-state index in [1.165, 1.54) is 0 Å². The molecule has 3 N–H and O–H groups in total. The van der Waals surface area contributed by atoms with Crippen LogP contribution in [0.2, 0.25) is 0 Å². The zero-order valence-corrected chi connectivity index (χ0v) is 22.0. The van der Waals surface area contributed by atoms with Gasteiger partial charge in [0.2, 0.25) is 17.8 Å². The van der Waals surface area contributed by atoms with E-state index < -0.39 is 0 Å². The molecule has 2 aliphatic heterocycles. The first-order valence-corrected chi connectivity index (χ1v) is 13.3. The number of amides is 2. The van der Waals surface area contributed by atoms with Crippen molar-refractivity contribution in [3.8, 4) is 11.3 Å². The molecule has 2 amide bonds. The van der Waals surface area contributed by atoms with E-state index in [-0.39, 0.29) is 23.8 Å². The highest BCUT2D eigenvalue weighted by atomic mass is 16.2. The molecule has 198 valence electrons. The number of nitrogens with two attached hydrogens (primary N) is 1. The van der Waals surface area contributed by atoms with Crippen LogP contribution in [0.3, 0.4) is 0 Å². The van der Waals surface area contributed by atoms with Crippen LogP contribution in [0.25, 0.3) is 11.3 Å². The maximum atomic E-state index is 12.2. The van der Waals surface area contributed by atoms with Crippen LogP contribution in [-0.4, -0.2) is 65.4 Å². The van der Waals surface area contributed by atoms with Crippen molar-refractivity contribution < 1.29 is 9.59 Å². The van der Waals surface area contributed by atoms with Gasteiger partial charge in [-0.3, -0.25) is 9.59 Å². The largest absolute Gasteiger partial charge is 0.368 e. The number of aromatic nitrogens is 2. The summed E-state index contributed by atoms with van der Waals surface area (Å²) < 4.78 is 0. The monoisotopic (exact) mass is 513 g/mol. The molecular formula is C29H35N7O2. The zero-order valence-electron chi connectivity index (χ0n) is 22.0. The maximum absolute atomic E-state index is 12.2. The molecule has 0 spiro atoms. The van der Waals surface area contributed by atoms with Gasteiger partial charge in [0.25, 0.3) is 0 Å². The lowest BCUT2D eigenvalue weighted by Crippen LogP contribution is -2.49. The third-order valence-corrected chi connectivity index (χ3v) is 7.31. The van der Waals surface area contributed by atoms with Crippen molar-refractivity contribution >= 4 is 34.8 Å². The standard InChI is InChI=1S/C29H35N7O2/c1-20(2)28(38)35-18-16-34(17-19-35)23-11-7-22(8-12-23)32-29-31-14-13-25(33-29)21-5-9-24(10-6-21)36-15-3-4-26(36)27(30)37/h5-14,20,26H,3-4,15-19H2,1-2H3,(H2,30,37)(H,31,32,33)/t26-/m1/s1. The number of rotatable bonds is 7. The quantitative estimate of drug-likeness (QED) is 0.497. The first-order valence-electron chi connectivity index (χ1n) is 13.3. The van der Waals surface area contributed by atoms with Crippen molar-refractivity contribution in [3.63, 3.8) is 0 Å². The highest BCUT2D eigenvalue weighted by Crippen LogP contribution is 2.28. The molecule has 0 radical (unpaired) electrons. The van der Waals surface area contributed by atoms with E-state index in [0.29, 0.717) is 5.95 Å². The SMILES string of the molecule is CC(C)C(=O)N1CCN(c2ccc(Nc3nccc(-c4ccc(N5CCC[C@@H]5C(N)=O)cc4)n3)cc2)CC1. The molecule has 2 saturated heterocycles. The third kappa shape index (κ3) is 5.56. The number of piperazine rings is 1. The fourth-order valence-electron chi connectivity index (χ4n) is 5.21. The van der Waals surface area contributed by atoms with Crippen LogP contribution in [0, 0.1) is 5.92 Å². The summed E-state index contributed by atoms with van der Waals surface area (Å²) in [6, 6.07) is 17.9. The number of nitrogens with one attached hydrogen (secondary N) is 1. The van der Waals surface area contributed by atoms with Crippen LogP contribution in [0.15, 0.2) is 60.8 Å². The summed E-state index contributed by atoms with van der Waals surface area (Å²) in [5, 5.41) is 3.30. The van der Waals surface area contributed by atoms with Gasteiger partial charge < -0.3 is 25.8 Å². The van der Waals surface area contributed by atoms with Crippen molar-refractivity contribution in [2.75, 3.05) is 47.8 Å². The second-order valence-electron chi connectivity index (χ2n) is 10.2.